The van der Waals surface area contributed by atoms with E-state index < -0.39 is 0 Å². The summed E-state index contributed by atoms with van der Waals surface area (Å²) in [6.07, 6.45) is 5.47. The Kier molecular flexibility index (Phi) is 7.09. The lowest BCUT2D eigenvalue weighted by Crippen LogP contribution is -2.24. The predicted molar refractivity (Wildman–Crippen MR) is 119 cm³/mol. The molecule has 0 atom stereocenters. The molecule has 144 valence electrons. The van der Waals surface area contributed by atoms with Gasteiger partial charge in [-0.15, -0.1) is 0 Å². The first-order valence-electron chi connectivity index (χ1n) is 9.35. The second-order valence-electron chi connectivity index (χ2n) is 6.63. The number of benzene rings is 2. The maximum atomic E-state index is 12.1. The second-order valence-corrected chi connectivity index (χ2v) is 7.24. The van der Waals surface area contributed by atoms with Crippen molar-refractivity contribution in [1.82, 2.24) is 10.3 Å². The van der Waals surface area contributed by atoms with E-state index in [0.717, 1.165) is 24.2 Å². The van der Waals surface area contributed by atoms with Crippen LogP contribution in [0, 0.1) is 6.92 Å². The van der Waals surface area contributed by atoms with Gasteiger partial charge in [0.2, 0.25) is 0 Å². The van der Waals surface area contributed by atoms with Crippen LogP contribution in [-0.2, 0) is 6.42 Å². The molecule has 0 radical (unpaired) electrons. The van der Waals surface area contributed by atoms with Gasteiger partial charge in [0.1, 0.15) is 0 Å². The molecule has 0 saturated carbocycles. The molecule has 3 rings (SSSR count). The molecule has 0 aliphatic carbocycles. The van der Waals surface area contributed by atoms with Crippen molar-refractivity contribution in [3.63, 3.8) is 0 Å². The highest BCUT2D eigenvalue weighted by molar-refractivity contribution is 7.99. The standard InChI is InChI=1S/C23H25N3OS/c1-17-5-8-21(16-25-17)23(27)24-15-3-4-18-6-9-19(10-7-18)20-11-13-22(14-12-20)26-28-2/h5-14,16,26H,3-4,15H2,1-2H3,(H,24,27). The minimum absolute atomic E-state index is 0.0674. The molecule has 2 aromatic carbocycles. The van der Waals surface area contributed by atoms with Crippen LogP contribution in [0.25, 0.3) is 11.1 Å². The van der Waals surface area contributed by atoms with Crippen molar-refractivity contribution in [2.75, 3.05) is 17.5 Å². The van der Waals surface area contributed by atoms with Gasteiger partial charge in [-0.1, -0.05) is 48.3 Å². The summed E-state index contributed by atoms with van der Waals surface area (Å²) in [7, 11) is 0. The van der Waals surface area contributed by atoms with Crippen molar-refractivity contribution in [2.24, 2.45) is 0 Å². The van der Waals surface area contributed by atoms with Crippen molar-refractivity contribution < 1.29 is 4.79 Å². The summed E-state index contributed by atoms with van der Waals surface area (Å²) in [5, 5.41) is 2.95. The number of pyridine rings is 1. The molecule has 0 aliphatic heterocycles. The van der Waals surface area contributed by atoms with Crippen LogP contribution in [0.3, 0.4) is 0 Å². The monoisotopic (exact) mass is 391 g/mol. The Balaban J connectivity index is 1.46. The molecule has 4 nitrogen and oxygen atoms in total. The van der Waals surface area contributed by atoms with Gasteiger partial charge in [0.25, 0.3) is 5.91 Å². The predicted octanol–water partition coefficient (Wildman–Crippen LogP) is 5.11. The number of carbonyl (C=O) groups is 1. The molecule has 5 heteroatoms. The first-order valence-corrected chi connectivity index (χ1v) is 10.6. The summed E-state index contributed by atoms with van der Waals surface area (Å²) in [5.41, 5.74) is 6.31. The summed E-state index contributed by atoms with van der Waals surface area (Å²) >= 11 is 1.59. The molecule has 28 heavy (non-hydrogen) atoms. The van der Waals surface area contributed by atoms with Crippen LogP contribution in [0.15, 0.2) is 66.9 Å². The van der Waals surface area contributed by atoms with Crippen molar-refractivity contribution >= 4 is 23.5 Å². The number of nitrogens with zero attached hydrogens (tertiary/aromatic N) is 1. The SMILES string of the molecule is CSNc1ccc(-c2ccc(CCCNC(=O)c3ccc(C)nc3)cc2)cc1. The zero-order chi connectivity index (χ0) is 19.8. The van der Waals surface area contributed by atoms with Gasteiger partial charge in [-0.2, -0.15) is 0 Å². The molecule has 1 heterocycles. The van der Waals surface area contributed by atoms with Gasteiger partial charge in [-0.25, -0.2) is 0 Å². The van der Waals surface area contributed by atoms with E-state index >= 15 is 0 Å². The average Bonchev–Trinajstić information content (AvgIpc) is 2.73. The third-order valence-electron chi connectivity index (χ3n) is 4.49. The van der Waals surface area contributed by atoms with Gasteiger partial charge in [0.15, 0.2) is 0 Å². The summed E-state index contributed by atoms with van der Waals surface area (Å²) in [4.78, 5) is 16.2. The van der Waals surface area contributed by atoms with Gasteiger partial charge in [0.05, 0.1) is 5.56 Å². The number of carbonyl (C=O) groups excluding carboxylic acids is 1. The molecule has 0 bridgehead atoms. The molecule has 0 spiro atoms. The van der Waals surface area contributed by atoms with Gasteiger partial charge in [-0.05, 0) is 60.7 Å². The second kappa shape index (κ2) is 9.95. The molecule has 1 aromatic heterocycles. The minimum Gasteiger partial charge on any atom is -0.352 e. The van der Waals surface area contributed by atoms with E-state index in [1.165, 1.54) is 16.7 Å². The van der Waals surface area contributed by atoms with Gasteiger partial charge in [0, 0.05) is 30.4 Å². The van der Waals surface area contributed by atoms with E-state index in [2.05, 4.69) is 63.6 Å². The third kappa shape index (κ3) is 5.60. The fourth-order valence-corrected chi connectivity index (χ4v) is 3.28. The minimum atomic E-state index is -0.0674. The average molecular weight is 392 g/mol. The number of hydrogen-bond acceptors (Lipinski definition) is 4. The Bertz CT molecular complexity index is 891. The lowest BCUT2D eigenvalue weighted by Gasteiger charge is -2.08. The maximum Gasteiger partial charge on any atom is 0.252 e. The molecule has 0 unspecified atom stereocenters. The van der Waals surface area contributed by atoms with E-state index in [1.54, 1.807) is 24.2 Å². The van der Waals surface area contributed by atoms with Crippen molar-refractivity contribution in [2.45, 2.75) is 19.8 Å². The number of nitrogens with one attached hydrogen (secondary N) is 2. The lowest BCUT2D eigenvalue weighted by atomic mass is 10.0. The highest BCUT2D eigenvalue weighted by Crippen LogP contribution is 2.23. The zero-order valence-corrected chi connectivity index (χ0v) is 17.1. The first-order chi connectivity index (χ1) is 13.7. The fourth-order valence-electron chi connectivity index (χ4n) is 2.91. The fraction of sp³-hybridized carbons (Fsp3) is 0.217. The number of amides is 1. The van der Waals surface area contributed by atoms with Gasteiger partial charge >= 0.3 is 0 Å². The molecular formula is C23H25N3OS. The molecule has 1 amide bonds. The van der Waals surface area contributed by atoms with E-state index in [1.807, 2.05) is 19.2 Å². The van der Waals surface area contributed by atoms with Gasteiger partial charge in [-0.3, -0.25) is 9.78 Å². The Morgan fingerprint density at radius 1 is 0.964 bits per heavy atom. The smallest absolute Gasteiger partial charge is 0.252 e. The Morgan fingerprint density at radius 2 is 1.64 bits per heavy atom. The van der Waals surface area contributed by atoms with Crippen LogP contribution in [0.1, 0.15) is 28.0 Å². The lowest BCUT2D eigenvalue weighted by molar-refractivity contribution is 0.0953. The Hall–Kier alpha value is -2.79. The topological polar surface area (TPSA) is 54.0 Å². The van der Waals surface area contributed by atoms with Crippen LogP contribution < -0.4 is 10.0 Å². The number of rotatable bonds is 8. The molecule has 0 fully saturated rings. The van der Waals surface area contributed by atoms with Gasteiger partial charge < -0.3 is 10.0 Å². The largest absolute Gasteiger partial charge is 0.352 e. The first kappa shape index (κ1) is 20.0. The number of aryl methyl sites for hydroxylation is 2. The molecule has 0 saturated heterocycles. The quantitative estimate of drug-likeness (QED) is 0.414. The molecule has 2 N–H and O–H groups in total. The van der Waals surface area contributed by atoms with Crippen LogP contribution in [-0.4, -0.2) is 23.7 Å². The number of hydrogen-bond donors (Lipinski definition) is 2. The third-order valence-corrected chi connectivity index (χ3v) is 4.93. The van der Waals surface area contributed by atoms with Crippen LogP contribution in [0.5, 0.6) is 0 Å². The van der Waals surface area contributed by atoms with Crippen molar-refractivity contribution in [3.8, 4) is 11.1 Å². The van der Waals surface area contributed by atoms with E-state index in [-0.39, 0.29) is 5.91 Å². The molecular weight excluding hydrogens is 366 g/mol. The maximum absolute atomic E-state index is 12.1. The normalized spacial score (nSPS) is 10.5. The van der Waals surface area contributed by atoms with Crippen LogP contribution in [0.2, 0.25) is 0 Å². The highest BCUT2D eigenvalue weighted by Gasteiger charge is 2.05. The Labute approximate surface area is 170 Å². The number of aromatic nitrogens is 1. The van der Waals surface area contributed by atoms with Crippen molar-refractivity contribution in [1.29, 1.82) is 0 Å². The van der Waals surface area contributed by atoms with Crippen LogP contribution in [0.4, 0.5) is 5.69 Å². The van der Waals surface area contributed by atoms with E-state index in [0.29, 0.717) is 12.1 Å². The Morgan fingerprint density at radius 3 is 2.25 bits per heavy atom. The van der Waals surface area contributed by atoms with Crippen LogP contribution >= 0.6 is 11.9 Å². The van der Waals surface area contributed by atoms with E-state index in [9.17, 15) is 4.79 Å². The number of anilines is 1. The summed E-state index contributed by atoms with van der Waals surface area (Å²) < 4.78 is 3.23. The molecule has 0 aliphatic rings. The van der Waals surface area contributed by atoms with E-state index in [4.69, 9.17) is 0 Å². The van der Waals surface area contributed by atoms with Crippen molar-refractivity contribution in [3.05, 3.63) is 83.7 Å². The highest BCUT2D eigenvalue weighted by atomic mass is 32.2. The summed E-state index contributed by atoms with van der Waals surface area (Å²) in [5.74, 6) is -0.0674. The zero-order valence-electron chi connectivity index (χ0n) is 16.2. The summed E-state index contributed by atoms with van der Waals surface area (Å²) in [6.45, 7) is 2.56. The molecule has 3 aromatic rings. The summed E-state index contributed by atoms with van der Waals surface area (Å²) in [6, 6.07) is 20.7.